The van der Waals surface area contributed by atoms with E-state index in [1.807, 2.05) is 19.1 Å². The number of carbonyl (C=O) groups is 1. The Labute approximate surface area is 117 Å². The van der Waals surface area contributed by atoms with Crippen LogP contribution in [0.3, 0.4) is 0 Å². The molecule has 1 amide bonds. The molecule has 0 spiro atoms. The zero-order chi connectivity index (χ0) is 13.8. The first-order valence-electron chi connectivity index (χ1n) is 6.31. The Morgan fingerprint density at radius 1 is 1.37 bits per heavy atom. The molecule has 0 atom stereocenters. The monoisotopic (exact) mass is 274 g/mol. The van der Waals surface area contributed by atoms with Crippen molar-refractivity contribution in [3.8, 4) is 0 Å². The molecule has 0 unspecified atom stereocenters. The molecule has 2 rings (SSSR count). The largest absolute Gasteiger partial charge is 0.398 e. The predicted molar refractivity (Wildman–Crippen MR) is 80.5 cm³/mol. The highest BCUT2D eigenvalue weighted by atomic mass is 32.1. The molecule has 0 radical (unpaired) electrons. The minimum atomic E-state index is -0.118. The molecule has 1 aromatic carbocycles. The van der Waals surface area contributed by atoms with Crippen LogP contribution in [-0.4, -0.2) is 5.91 Å². The number of hydrogen-bond donors (Lipinski definition) is 2. The standard InChI is InChI=1S/C15H18N2OS/c1-3-11-6-7-19-14(11)9-17-15(18)12-5-4-10(2)8-13(12)16/h4-8H,3,9,16H2,1-2H3,(H,17,18). The molecule has 4 heteroatoms. The van der Waals surface area contributed by atoms with Gasteiger partial charge in [0.1, 0.15) is 0 Å². The van der Waals surface area contributed by atoms with Gasteiger partial charge < -0.3 is 11.1 Å². The highest BCUT2D eigenvalue weighted by Crippen LogP contribution is 2.18. The lowest BCUT2D eigenvalue weighted by Crippen LogP contribution is -2.23. The van der Waals surface area contributed by atoms with Crippen molar-refractivity contribution in [1.82, 2.24) is 5.32 Å². The predicted octanol–water partition coefficient (Wildman–Crippen LogP) is 3.13. The molecule has 0 aliphatic heterocycles. The highest BCUT2D eigenvalue weighted by Gasteiger charge is 2.10. The summed E-state index contributed by atoms with van der Waals surface area (Å²) in [4.78, 5) is 13.3. The van der Waals surface area contributed by atoms with Crippen LogP contribution in [0.1, 0.15) is 33.3 Å². The van der Waals surface area contributed by atoms with Crippen LogP contribution < -0.4 is 11.1 Å². The summed E-state index contributed by atoms with van der Waals surface area (Å²) >= 11 is 1.67. The van der Waals surface area contributed by atoms with Crippen molar-refractivity contribution in [2.45, 2.75) is 26.8 Å². The maximum atomic E-state index is 12.1. The third-order valence-corrected chi connectivity index (χ3v) is 4.04. The Hall–Kier alpha value is -1.81. The molecular formula is C15H18N2OS. The van der Waals surface area contributed by atoms with E-state index < -0.39 is 0 Å². The average molecular weight is 274 g/mol. The molecule has 1 heterocycles. The number of anilines is 1. The van der Waals surface area contributed by atoms with Crippen LogP contribution in [0.5, 0.6) is 0 Å². The lowest BCUT2D eigenvalue weighted by Gasteiger charge is -2.08. The van der Waals surface area contributed by atoms with Crippen molar-refractivity contribution in [3.63, 3.8) is 0 Å². The van der Waals surface area contributed by atoms with E-state index in [-0.39, 0.29) is 5.91 Å². The van der Waals surface area contributed by atoms with Gasteiger partial charge in [-0.05, 0) is 48.1 Å². The quantitative estimate of drug-likeness (QED) is 0.842. The first kappa shape index (κ1) is 13.6. The number of nitrogen functional groups attached to an aromatic ring is 1. The van der Waals surface area contributed by atoms with Gasteiger partial charge in [-0.2, -0.15) is 0 Å². The smallest absolute Gasteiger partial charge is 0.253 e. The third-order valence-electron chi connectivity index (χ3n) is 3.08. The van der Waals surface area contributed by atoms with Gasteiger partial charge in [0.25, 0.3) is 5.91 Å². The van der Waals surface area contributed by atoms with Gasteiger partial charge in [0.2, 0.25) is 0 Å². The van der Waals surface area contributed by atoms with Crippen molar-refractivity contribution in [2.75, 3.05) is 5.73 Å². The van der Waals surface area contributed by atoms with Crippen LogP contribution in [0.25, 0.3) is 0 Å². The number of benzene rings is 1. The molecule has 3 nitrogen and oxygen atoms in total. The molecule has 100 valence electrons. The molecule has 0 saturated carbocycles. The summed E-state index contributed by atoms with van der Waals surface area (Å²) in [7, 11) is 0. The average Bonchev–Trinajstić information content (AvgIpc) is 2.83. The second-order valence-electron chi connectivity index (χ2n) is 4.50. The summed E-state index contributed by atoms with van der Waals surface area (Å²) in [6.07, 6.45) is 0.987. The van der Waals surface area contributed by atoms with Gasteiger partial charge in [-0.15, -0.1) is 11.3 Å². The van der Waals surface area contributed by atoms with Crippen molar-refractivity contribution < 1.29 is 4.79 Å². The Kier molecular flexibility index (Phi) is 4.22. The molecule has 0 saturated heterocycles. The highest BCUT2D eigenvalue weighted by molar-refractivity contribution is 7.10. The van der Waals surface area contributed by atoms with E-state index in [0.717, 1.165) is 12.0 Å². The van der Waals surface area contributed by atoms with Gasteiger partial charge in [-0.3, -0.25) is 4.79 Å². The van der Waals surface area contributed by atoms with Crippen LogP contribution >= 0.6 is 11.3 Å². The normalized spacial score (nSPS) is 10.4. The lowest BCUT2D eigenvalue weighted by molar-refractivity contribution is 0.0952. The molecule has 19 heavy (non-hydrogen) atoms. The molecular weight excluding hydrogens is 256 g/mol. The molecule has 1 aromatic heterocycles. The van der Waals surface area contributed by atoms with Gasteiger partial charge in [0.05, 0.1) is 12.1 Å². The van der Waals surface area contributed by atoms with Crippen LogP contribution in [0, 0.1) is 6.92 Å². The summed E-state index contributed by atoms with van der Waals surface area (Å²) in [5, 5.41) is 4.98. The zero-order valence-electron chi connectivity index (χ0n) is 11.2. The minimum Gasteiger partial charge on any atom is -0.398 e. The van der Waals surface area contributed by atoms with Crippen LogP contribution in [0.4, 0.5) is 5.69 Å². The van der Waals surface area contributed by atoms with Crippen molar-refractivity contribution in [2.24, 2.45) is 0 Å². The fourth-order valence-corrected chi connectivity index (χ4v) is 2.90. The van der Waals surface area contributed by atoms with Crippen LogP contribution in [0.15, 0.2) is 29.6 Å². The SMILES string of the molecule is CCc1ccsc1CNC(=O)c1ccc(C)cc1N. The molecule has 0 aliphatic rings. The van der Waals surface area contributed by atoms with E-state index in [2.05, 4.69) is 23.7 Å². The molecule has 0 aliphatic carbocycles. The van der Waals surface area contributed by atoms with Crippen molar-refractivity contribution in [3.05, 3.63) is 51.2 Å². The van der Waals surface area contributed by atoms with E-state index in [4.69, 9.17) is 5.73 Å². The fourth-order valence-electron chi connectivity index (χ4n) is 1.98. The minimum absolute atomic E-state index is 0.118. The molecule has 0 fully saturated rings. The van der Waals surface area contributed by atoms with Crippen LogP contribution in [0.2, 0.25) is 0 Å². The summed E-state index contributed by atoms with van der Waals surface area (Å²) in [6.45, 7) is 4.63. The Morgan fingerprint density at radius 3 is 2.84 bits per heavy atom. The maximum Gasteiger partial charge on any atom is 0.253 e. The van der Waals surface area contributed by atoms with Gasteiger partial charge in [-0.25, -0.2) is 0 Å². The number of thiophene rings is 1. The third kappa shape index (κ3) is 3.15. The summed E-state index contributed by atoms with van der Waals surface area (Å²) in [5.74, 6) is -0.118. The molecule has 3 N–H and O–H groups in total. The summed E-state index contributed by atoms with van der Waals surface area (Å²) < 4.78 is 0. The number of rotatable bonds is 4. The van der Waals surface area contributed by atoms with Gasteiger partial charge >= 0.3 is 0 Å². The first-order chi connectivity index (χ1) is 9.11. The Balaban J connectivity index is 2.05. The topological polar surface area (TPSA) is 55.1 Å². The molecule has 2 aromatic rings. The second-order valence-corrected chi connectivity index (χ2v) is 5.50. The maximum absolute atomic E-state index is 12.1. The second kappa shape index (κ2) is 5.89. The van der Waals surface area contributed by atoms with E-state index in [1.165, 1.54) is 10.4 Å². The molecule has 0 bridgehead atoms. The van der Waals surface area contributed by atoms with Gasteiger partial charge in [-0.1, -0.05) is 13.0 Å². The van der Waals surface area contributed by atoms with E-state index >= 15 is 0 Å². The number of amides is 1. The van der Waals surface area contributed by atoms with Crippen molar-refractivity contribution >= 4 is 22.9 Å². The van der Waals surface area contributed by atoms with Gasteiger partial charge in [0, 0.05) is 10.6 Å². The van der Waals surface area contributed by atoms with E-state index in [1.54, 1.807) is 17.4 Å². The van der Waals surface area contributed by atoms with Crippen LogP contribution in [-0.2, 0) is 13.0 Å². The number of nitrogens with two attached hydrogens (primary N) is 1. The number of hydrogen-bond acceptors (Lipinski definition) is 3. The number of carbonyl (C=O) groups excluding carboxylic acids is 1. The van der Waals surface area contributed by atoms with Gasteiger partial charge in [0.15, 0.2) is 0 Å². The zero-order valence-corrected chi connectivity index (χ0v) is 12.0. The fraction of sp³-hybridized carbons (Fsp3) is 0.267. The number of nitrogens with one attached hydrogen (secondary N) is 1. The first-order valence-corrected chi connectivity index (χ1v) is 7.19. The lowest BCUT2D eigenvalue weighted by atomic mass is 10.1. The summed E-state index contributed by atoms with van der Waals surface area (Å²) in [6, 6.07) is 7.59. The Bertz CT molecular complexity index is 590. The van der Waals surface area contributed by atoms with Crippen molar-refractivity contribution in [1.29, 1.82) is 0 Å². The summed E-state index contributed by atoms with van der Waals surface area (Å²) in [5.41, 5.74) is 9.29. The Morgan fingerprint density at radius 2 is 2.16 bits per heavy atom. The van der Waals surface area contributed by atoms with E-state index in [0.29, 0.717) is 17.8 Å². The number of aryl methyl sites for hydroxylation is 2. The van der Waals surface area contributed by atoms with E-state index in [9.17, 15) is 4.79 Å².